The Morgan fingerprint density at radius 1 is 0.917 bits per heavy atom. The van der Waals surface area contributed by atoms with Crippen molar-refractivity contribution >= 4 is 11.8 Å². The van der Waals surface area contributed by atoms with Gasteiger partial charge in [0.2, 0.25) is 0 Å². The number of aryl methyl sites for hydroxylation is 1. The maximum absolute atomic E-state index is 13.2. The van der Waals surface area contributed by atoms with E-state index in [2.05, 4.69) is 12.1 Å². The van der Waals surface area contributed by atoms with Gasteiger partial charge in [-0.3, -0.25) is 4.79 Å². The van der Waals surface area contributed by atoms with E-state index in [9.17, 15) is 9.59 Å². The molecule has 0 saturated heterocycles. The normalized spacial score (nSPS) is 24.3. The Bertz CT molecular complexity index is 881. The molecule has 0 aromatic heterocycles. The highest BCUT2D eigenvalue weighted by Gasteiger charge is 2.44. The molecule has 2 aromatic rings. The third kappa shape index (κ3) is 1.84. The first kappa shape index (κ1) is 14.0. The zero-order chi connectivity index (χ0) is 16.3. The smallest absolute Gasteiger partial charge is 0.339 e. The van der Waals surface area contributed by atoms with E-state index in [0.29, 0.717) is 12.0 Å². The molecule has 1 heterocycles. The summed E-state index contributed by atoms with van der Waals surface area (Å²) in [6.07, 6.45) is 4.67. The summed E-state index contributed by atoms with van der Waals surface area (Å²) in [6.45, 7) is 0. The van der Waals surface area contributed by atoms with Crippen LogP contribution in [0.4, 0.5) is 0 Å². The van der Waals surface area contributed by atoms with Gasteiger partial charge in [0.25, 0.3) is 0 Å². The van der Waals surface area contributed by atoms with E-state index in [4.69, 9.17) is 4.74 Å². The standard InChI is InChI=1S/C21H18O3/c22-19-17(20-15-7-3-4-8-16(15)21(23)24-20)11-13-10-9-12-5-1-2-6-14(12)18(13)19/h3-4,7-10,17,20H,1-2,5-6,11H2/t17-,20-/m0/s1. The number of carbonyl (C=O) groups is 2. The number of ketones is 1. The minimum atomic E-state index is -0.437. The lowest BCUT2D eigenvalue weighted by Crippen LogP contribution is -2.20. The fourth-order valence-electron chi connectivity index (χ4n) is 4.59. The minimum absolute atomic E-state index is 0.165. The predicted molar refractivity (Wildman–Crippen MR) is 89.2 cm³/mol. The number of esters is 1. The lowest BCUT2D eigenvalue weighted by Gasteiger charge is -2.19. The first-order chi connectivity index (χ1) is 11.7. The zero-order valence-electron chi connectivity index (χ0n) is 13.4. The third-order valence-corrected chi connectivity index (χ3v) is 5.73. The quantitative estimate of drug-likeness (QED) is 0.751. The lowest BCUT2D eigenvalue weighted by molar-refractivity contribution is 0.0252. The molecule has 0 radical (unpaired) electrons. The van der Waals surface area contributed by atoms with Crippen LogP contribution in [-0.4, -0.2) is 11.8 Å². The second-order valence-electron chi connectivity index (χ2n) is 7.03. The van der Waals surface area contributed by atoms with Gasteiger partial charge >= 0.3 is 5.97 Å². The van der Waals surface area contributed by atoms with Crippen molar-refractivity contribution in [3.8, 4) is 0 Å². The molecule has 0 bridgehead atoms. The number of hydrogen-bond acceptors (Lipinski definition) is 3. The SMILES string of the molecule is O=C1O[C@H]([C@H]2Cc3ccc4c(c3C2=O)CCCC4)c2ccccc21. The molecule has 1 aliphatic heterocycles. The fourth-order valence-corrected chi connectivity index (χ4v) is 4.59. The summed E-state index contributed by atoms with van der Waals surface area (Å²) in [6, 6.07) is 11.7. The van der Waals surface area contributed by atoms with Gasteiger partial charge in [-0.25, -0.2) is 4.79 Å². The molecule has 24 heavy (non-hydrogen) atoms. The molecule has 120 valence electrons. The maximum atomic E-state index is 13.2. The molecule has 0 unspecified atom stereocenters. The van der Waals surface area contributed by atoms with Gasteiger partial charge in [0.1, 0.15) is 6.10 Å². The third-order valence-electron chi connectivity index (χ3n) is 5.73. The summed E-state index contributed by atoms with van der Waals surface area (Å²) < 4.78 is 5.60. The molecule has 2 atom stereocenters. The van der Waals surface area contributed by atoms with Crippen molar-refractivity contribution in [2.45, 2.75) is 38.2 Å². The molecule has 0 saturated carbocycles. The lowest BCUT2D eigenvalue weighted by atomic mass is 9.86. The second-order valence-corrected chi connectivity index (χ2v) is 7.03. The highest BCUT2D eigenvalue weighted by molar-refractivity contribution is 6.05. The number of carbonyl (C=O) groups excluding carboxylic acids is 2. The van der Waals surface area contributed by atoms with Crippen molar-refractivity contribution in [2.75, 3.05) is 0 Å². The number of rotatable bonds is 1. The van der Waals surface area contributed by atoms with Crippen LogP contribution >= 0.6 is 0 Å². The molecule has 2 aliphatic carbocycles. The van der Waals surface area contributed by atoms with Gasteiger partial charge in [-0.05, 0) is 54.9 Å². The van der Waals surface area contributed by atoms with Gasteiger partial charge in [-0.1, -0.05) is 30.3 Å². The Morgan fingerprint density at radius 2 is 1.71 bits per heavy atom. The van der Waals surface area contributed by atoms with E-state index in [1.807, 2.05) is 18.2 Å². The fraction of sp³-hybridized carbons (Fsp3) is 0.333. The van der Waals surface area contributed by atoms with Gasteiger partial charge in [0.05, 0.1) is 11.5 Å². The van der Waals surface area contributed by atoms with Gasteiger partial charge in [0.15, 0.2) is 5.78 Å². The number of hydrogen-bond donors (Lipinski definition) is 0. The number of cyclic esters (lactones) is 1. The first-order valence-corrected chi connectivity index (χ1v) is 8.72. The molecule has 0 fully saturated rings. The highest BCUT2D eigenvalue weighted by atomic mass is 16.5. The van der Waals surface area contributed by atoms with Crippen molar-refractivity contribution in [2.24, 2.45) is 5.92 Å². The molecule has 3 nitrogen and oxygen atoms in total. The van der Waals surface area contributed by atoms with E-state index in [1.54, 1.807) is 6.07 Å². The van der Waals surface area contributed by atoms with Crippen LogP contribution in [-0.2, 0) is 24.0 Å². The Hall–Kier alpha value is -2.42. The summed E-state index contributed by atoms with van der Waals surface area (Å²) in [5.41, 5.74) is 6.11. The van der Waals surface area contributed by atoms with Gasteiger partial charge in [0, 0.05) is 11.1 Å². The van der Waals surface area contributed by atoms with Crippen molar-refractivity contribution < 1.29 is 14.3 Å². The highest BCUT2D eigenvalue weighted by Crippen LogP contribution is 2.44. The Labute approximate surface area is 140 Å². The molecule has 3 aliphatic rings. The van der Waals surface area contributed by atoms with Crippen LogP contribution in [0.3, 0.4) is 0 Å². The molecule has 0 amide bonds. The number of fused-ring (bicyclic) bond motifs is 4. The maximum Gasteiger partial charge on any atom is 0.339 e. The second kappa shape index (κ2) is 5.04. The molecule has 5 rings (SSSR count). The molecule has 2 aromatic carbocycles. The Balaban J connectivity index is 1.57. The van der Waals surface area contributed by atoms with E-state index in [-0.39, 0.29) is 17.7 Å². The van der Waals surface area contributed by atoms with E-state index < -0.39 is 6.10 Å². The van der Waals surface area contributed by atoms with Crippen molar-refractivity contribution in [1.29, 1.82) is 0 Å². The Morgan fingerprint density at radius 3 is 2.62 bits per heavy atom. The molecule has 0 spiro atoms. The number of ether oxygens (including phenoxy) is 1. The largest absolute Gasteiger partial charge is 0.453 e. The molecule has 0 N–H and O–H groups in total. The summed E-state index contributed by atoms with van der Waals surface area (Å²) >= 11 is 0. The van der Waals surface area contributed by atoms with E-state index in [1.165, 1.54) is 17.5 Å². The van der Waals surface area contributed by atoms with Crippen molar-refractivity contribution in [1.82, 2.24) is 0 Å². The van der Waals surface area contributed by atoms with E-state index >= 15 is 0 Å². The van der Waals surface area contributed by atoms with Crippen LogP contribution in [0.5, 0.6) is 0 Å². The van der Waals surface area contributed by atoms with Crippen LogP contribution in [0.1, 0.15) is 61.9 Å². The van der Waals surface area contributed by atoms with Gasteiger partial charge in [-0.15, -0.1) is 0 Å². The van der Waals surface area contributed by atoms with Crippen molar-refractivity contribution in [3.63, 3.8) is 0 Å². The van der Waals surface area contributed by atoms with Crippen LogP contribution in [0.25, 0.3) is 0 Å². The molecular formula is C21H18O3. The van der Waals surface area contributed by atoms with Crippen LogP contribution in [0, 0.1) is 5.92 Å². The van der Waals surface area contributed by atoms with Gasteiger partial charge in [-0.2, -0.15) is 0 Å². The molecular weight excluding hydrogens is 300 g/mol. The Kier molecular flexibility index (Phi) is 2.93. The number of benzene rings is 2. The molecule has 3 heteroatoms. The summed E-state index contributed by atoms with van der Waals surface area (Å²) in [5.74, 6) is -0.416. The first-order valence-electron chi connectivity index (χ1n) is 8.72. The van der Waals surface area contributed by atoms with Crippen LogP contribution in [0.15, 0.2) is 36.4 Å². The average molecular weight is 318 g/mol. The van der Waals surface area contributed by atoms with E-state index in [0.717, 1.165) is 36.0 Å². The predicted octanol–water partition coefficient (Wildman–Crippen LogP) is 3.83. The zero-order valence-corrected chi connectivity index (χ0v) is 13.4. The summed E-state index contributed by atoms with van der Waals surface area (Å²) in [5, 5.41) is 0. The minimum Gasteiger partial charge on any atom is -0.453 e. The van der Waals surface area contributed by atoms with Crippen molar-refractivity contribution in [3.05, 3.63) is 69.8 Å². The van der Waals surface area contributed by atoms with Crippen LogP contribution < -0.4 is 0 Å². The topological polar surface area (TPSA) is 43.4 Å². The summed E-state index contributed by atoms with van der Waals surface area (Å²) in [4.78, 5) is 25.3. The average Bonchev–Trinajstić information content (AvgIpc) is 3.13. The summed E-state index contributed by atoms with van der Waals surface area (Å²) in [7, 11) is 0. The number of Topliss-reactive ketones (excluding diaryl/α,β-unsaturated/α-hetero) is 1. The monoisotopic (exact) mass is 318 g/mol. The van der Waals surface area contributed by atoms with Gasteiger partial charge < -0.3 is 4.74 Å². The van der Waals surface area contributed by atoms with Crippen LogP contribution in [0.2, 0.25) is 0 Å².